The van der Waals surface area contributed by atoms with Gasteiger partial charge in [0.25, 0.3) is 11.6 Å². The fraction of sp³-hybridized carbons (Fsp3) is 0.0588. The predicted octanol–water partition coefficient (Wildman–Crippen LogP) is 3.97. The van der Waals surface area contributed by atoms with Gasteiger partial charge in [-0.3, -0.25) is 14.9 Å². The summed E-state index contributed by atoms with van der Waals surface area (Å²) in [6.07, 6.45) is 1.15. The molecular weight excluding hydrogens is 435 g/mol. The summed E-state index contributed by atoms with van der Waals surface area (Å²) in [6, 6.07) is 13.2. The molecule has 0 saturated carbocycles. The second kappa shape index (κ2) is 8.25. The van der Waals surface area contributed by atoms with E-state index in [4.69, 9.17) is 0 Å². The number of carbonyl (C=O) groups excluding carboxylic acids is 1. The minimum atomic E-state index is -0.599. The SMILES string of the molecule is Cc1cc(I)ccc1NC(=O)/C(C#N)=C\Nc1ccccc1[N+](=O)[O-]. The van der Waals surface area contributed by atoms with Crippen molar-refractivity contribution in [3.05, 3.63) is 73.5 Å². The highest BCUT2D eigenvalue weighted by Crippen LogP contribution is 2.23. The Labute approximate surface area is 157 Å². The number of nitro groups is 1. The van der Waals surface area contributed by atoms with Crippen molar-refractivity contribution >= 4 is 45.6 Å². The molecule has 0 aliphatic heterocycles. The average Bonchev–Trinajstić information content (AvgIpc) is 2.58. The minimum Gasteiger partial charge on any atom is -0.355 e. The molecule has 25 heavy (non-hydrogen) atoms. The van der Waals surface area contributed by atoms with E-state index in [9.17, 15) is 20.2 Å². The fourth-order valence-electron chi connectivity index (χ4n) is 2.01. The first-order valence-electron chi connectivity index (χ1n) is 7.10. The largest absolute Gasteiger partial charge is 0.355 e. The summed E-state index contributed by atoms with van der Waals surface area (Å²) in [7, 11) is 0. The van der Waals surface area contributed by atoms with Gasteiger partial charge in [0, 0.05) is 21.5 Å². The molecule has 0 aromatic heterocycles. The molecule has 126 valence electrons. The lowest BCUT2D eigenvalue weighted by atomic mass is 10.2. The number of nitro benzene ring substituents is 1. The molecule has 2 rings (SSSR count). The standard InChI is InChI=1S/C17H13IN4O3/c1-11-8-13(18)6-7-14(11)21-17(23)12(9-19)10-20-15-4-2-3-5-16(15)22(24)25/h2-8,10,20H,1H3,(H,21,23)/b12-10-. The Hall–Kier alpha value is -2.93. The van der Waals surface area contributed by atoms with Crippen LogP contribution in [0.4, 0.5) is 17.1 Å². The normalized spacial score (nSPS) is 10.7. The summed E-state index contributed by atoms with van der Waals surface area (Å²) >= 11 is 2.16. The van der Waals surface area contributed by atoms with E-state index >= 15 is 0 Å². The lowest BCUT2D eigenvalue weighted by Gasteiger charge is -2.08. The van der Waals surface area contributed by atoms with Gasteiger partial charge in [-0.2, -0.15) is 5.26 Å². The molecular formula is C17H13IN4O3. The van der Waals surface area contributed by atoms with Crippen LogP contribution < -0.4 is 10.6 Å². The Morgan fingerprint density at radius 1 is 1.28 bits per heavy atom. The van der Waals surface area contributed by atoms with Crippen LogP contribution in [0.15, 0.2) is 54.2 Å². The number of rotatable bonds is 5. The lowest BCUT2D eigenvalue weighted by Crippen LogP contribution is -2.15. The third-order valence-corrected chi connectivity index (χ3v) is 3.95. The zero-order chi connectivity index (χ0) is 18.4. The zero-order valence-electron chi connectivity index (χ0n) is 13.1. The average molecular weight is 448 g/mol. The van der Waals surface area contributed by atoms with E-state index in [1.54, 1.807) is 18.2 Å². The molecule has 0 radical (unpaired) electrons. The monoisotopic (exact) mass is 448 g/mol. The first-order chi connectivity index (χ1) is 11.9. The molecule has 0 aliphatic carbocycles. The summed E-state index contributed by atoms with van der Waals surface area (Å²) in [4.78, 5) is 22.7. The number of hydrogen-bond donors (Lipinski definition) is 2. The maximum absolute atomic E-state index is 12.2. The molecule has 2 aromatic rings. The molecule has 0 spiro atoms. The van der Waals surface area contributed by atoms with Crippen LogP contribution in [-0.4, -0.2) is 10.8 Å². The maximum atomic E-state index is 12.2. The highest BCUT2D eigenvalue weighted by atomic mass is 127. The highest BCUT2D eigenvalue weighted by Gasteiger charge is 2.14. The molecule has 0 bridgehead atoms. The number of amides is 1. The Morgan fingerprint density at radius 3 is 2.64 bits per heavy atom. The van der Waals surface area contributed by atoms with Crippen molar-refractivity contribution in [3.8, 4) is 6.07 Å². The molecule has 0 atom stereocenters. The predicted molar refractivity (Wildman–Crippen MR) is 103 cm³/mol. The van der Waals surface area contributed by atoms with Gasteiger partial charge in [0.2, 0.25) is 0 Å². The van der Waals surface area contributed by atoms with Gasteiger partial charge in [0.1, 0.15) is 17.3 Å². The van der Waals surface area contributed by atoms with Crippen molar-refractivity contribution in [2.75, 3.05) is 10.6 Å². The summed E-state index contributed by atoms with van der Waals surface area (Å²) in [5, 5.41) is 25.5. The number of hydrogen-bond acceptors (Lipinski definition) is 5. The van der Waals surface area contributed by atoms with Gasteiger partial charge >= 0.3 is 0 Å². The Kier molecular flexibility index (Phi) is 6.08. The minimum absolute atomic E-state index is 0.148. The first kappa shape index (κ1) is 18.4. The van der Waals surface area contributed by atoms with E-state index in [0.29, 0.717) is 5.69 Å². The van der Waals surface area contributed by atoms with E-state index in [1.165, 1.54) is 18.2 Å². The molecule has 1 amide bonds. The number of anilines is 2. The van der Waals surface area contributed by atoms with Gasteiger partial charge in [-0.1, -0.05) is 12.1 Å². The van der Waals surface area contributed by atoms with Gasteiger partial charge in [-0.25, -0.2) is 0 Å². The molecule has 0 unspecified atom stereocenters. The van der Waals surface area contributed by atoms with Crippen LogP contribution in [0, 0.1) is 31.9 Å². The van der Waals surface area contributed by atoms with Crippen molar-refractivity contribution in [3.63, 3.8) is 0 Å². The first-order valence-corrected chi connectivity index (χ1v) is 8.18. The molecule has 7 nitrogen and oxygen atoms in total. The van der Waals surface area contributed by atoms with Crippen LogP contribution in [0.2, 0.25) is 0 Å². The summed E-state index contributed by atoms with van der Waals surface area (Å²) < 4.78 is 1.03. The molecule has 0 aliphatic rings. The van der Waals surface area contributed by atoms with Crippen LogP contribution >= 0.6 is 22.6 Å². The van der Waals surface area contributed by atoms with E-state index in [-0.39, 0.29) is 16.9 Å². The van der Waals surface area contributed by atoms with Crippen LogP contribution in [-0.2, 0) is 4.79 Å². The van der Waals surface area contributed by atoms with Crippen molar-refractivity contribution in [2.45, 2.75) is 6.92 Å². The van der Waals surface area contributed by atoms with Crippen LogP contribution in [0.1, 0.15) is 5.56 Å². The Morgan fingerprint density at radius 2 is 2.00 bits per heavy atom. The smallest absolute Gasteiger partial charge is 0.292 e. The molecule has 0 heterocycles. The quantitative estimate of drug-likeness (QED) is 0.237. The fourth-order valence-corrected chi connectivity index (χ4v) is 2.66. The highest BCUT2D eigenvalue weighted by molar-refractivity contribution is 14.1. The van der Waals surface area contributed by atoms with Crippen LogP contribution in [0.3, 0.4) is 0 Å². The van der Waals surface area contributed by atoms with Crippen LogP contribution in [0.5, 0.6) is 0 Å². The number of carbonyl (C=O) groups is 1. The second-order valence-corrected chi connectivity index (χ2v) is 6.25. The van der Waals surface area contributed by atoms with Gasteiger partial charge < -0.3 is 10.6 Å². The number of benzene rings is 2. The van der Waals surface area contributed by atoms with Gasteiger partial charge in [-0.15, -0.1) is 0 Å². The van der Waals surface area contributed by atoms with E-state index in [1.807, 2.05) is 19.1 Å². The molecule has 8 heteroatoms. The molecule has 2 aromatic carbocycles. The molecule has 2 N–H and O–H groups in total. The van der Waals surface area contributed by atoms with Crippen LogP contribution in [0.25, 0.3) is 0 Å². The van der Waals surface area contributed by atoms with Crippen molar-refractivity contribution in [2.24, 2.45) is 0 Å². The number of para-hydroxylation sites is 2. The van der Waals surface area contributed by atoms with E-state index in [0.717, 1.165) is 15.3 Å². The third-order valence-electron chi connectivity index (χ3n) is 3.27. The topological polar surface area (TPSA) is 108 Å². The van der Waals surface area contributed by atoms with Gasteiger partial charge in [0.15, 0.2) is 0 Å². The number of nitrogens with one attached hydrogen (secondary N) is 2. The lowest BCUT2D eigenvalue weighted by molar-refractivity contribution is -0.383. The Balaban J connectivity index is 2.19. The number of aryl methyl sites for hydroxylation is 1. The van der Waals surface area contributed by atoms with E-state index in [2.05, 4.69) is 33.2 Å². The number of nitriles is 1. The summed E-state index contributed by atoms with van der Waals surface area (Å²) in [6.45, 7) is 1.85. The van der Waals surface area contributed by atoms with Crippen molar-refractivity contribution in [1.82, 2.24) is 0 Å². The molecule has 0 fully saturated rings. The van der Waals surface area contributed by atoms with Gasteiger partial charge in [0.05, 0.1) is 4.92 Å². The maximum Gasteiger partial charge on any atom is 0.292 e. The number of halogens is 1. The number of nitrogens with zero attached hydrogens (tertiary/aromatic N) is 2. The van der Waals surface area contributed by atoms with Crippen molar-refractivity contribution < 1.29 is 9.72 Å². The zero-order valence-corrected chi connectivity index (χ0v) is 15.3. The summed E-state index contributed by atoms with van der Waals surface area (Å²) in [5.74, 6) is -0.599. The third kappa shape index (κ3) is 4.77. The molecule has 0 saturated heterocycles. The van der Waals surface area contributed by atoms with Crippen molar-refractivity contribution in [1.29, 1.82) is 5.26 Å². The second-order valence-electron chi connectivity index (χ2n) is 5.00. The van der Waals surface area contributed by atoms with E-state index < -0.39 is 10.8 Å². The Bertz CT molecular complexity index is 903. The summed E-state index contributed by atoms with van der Waals surface area (Å²) in [5.41, 5.74) is 1.31. The van der Waals surface area contributed by atoms with Gasteiger partial charge in [-0.05, 0) is 59.3 Å².